The summed E-state index contributed by atoms with van der Waals surface area (Å²) in [5, 5.41) is 4.72. The molecule has 0 saturated heterocycles. The maximum atomic E-state index is 6.24. The van der Waals surface area contributed by atoms with Gasteiger partial charge in [-0.3, -0.25) is 0 Å². The monoisotopic (exact) mass is 335 g/mol. The molecule has 1 saturated carbocycles. The number of benzene rings is 1. The average molecular weight is 337 g/mol. The molecular weight excluding hydrogens is 321 g/mol. The highest BCUT2D eigenvalue weighted by Crippen LogP contribution is 2.37. The molecule has 0 radical (unpaired) electrons. The molecule has 1 N–H and O–H groups in total. The first-order valence-electron chi connectivity index (χ1n) is 5.99. The summed E-state index contributed by atoms with van der Waals surface area (Å²) in [5.74, 6) is 0.697. The van der Waals surface area contributed by atoms with Crippen molar-refractivity contribution in [2.45, 2.75) is 38.6 Å². The van der Waals surface area contributed by atoms with Crippen LogP contribution < -0.4 is 5.32 Å². The van der Waals surface area contributed by atoms with Gasteiger partial charge in [-0.2, -0.15) is 0 Å². The van der Waals surface area contributed by atoms with Crippen LogP contribution in [0.4, 0.5) is 5.69 Å². The van der Waals surface area contributed by atoms with Crippen LogP contribution in [0, 0.1) is 5.92 Å². The Bertz CT molecular complexity index is 409. The average Bonchev–Trinajstić information content (AvgIpc) is 2.32. The smallest absolute Gasteiger partial charge is 0.0835 e. The van der Waals surface area contributed by atoms with Gasteiger partial charge >= 0.3 is 0 Å². The van der Waals surface area contributed by atoms with Crippen molar-refractivity contribution < 1.29 is 0 Å². The molecular formula is C13H16BrCl2N. The van der Waals surface area contributed by atoms with Gasteiger partial charge in [0.15, 0.2) is 0 Å². The van der Waals surface area contributed by atoms with Gasteiger partial charge in [0.1, 0.15) is 0 Å². The standard InChI is InChI=1S/C13H16BrCl2N/c1-8-4-2-3-5-10(8)17-11-7-6-9(14)12(15)13(11)16/h6-8,10,17H,2-5H2,1H3. The lowest BCUT2D eigenvalue weighted by molar-refractivity contribution is 0.349. The van der Waals surface area contributed by atoms with Crippen molar-refractivity contribution in [1.82, 2.24) is 0 Å². The zero-order chi connectivity index (χ0) is 12.4. The molecule has 1 fully saturated rings. The molecule has 4 heteroatoms. The Labute approximate surface area is 121 Å². The third kappa shape index (κ3) is 3.10. The minimum Gasteiger partial charge on any atom is -0.381 e. The van der Waals surface area contributed by atoms with Crippen molar-refractivity contribution in [3.63, 3.8) is 0 Å². The highest BCUT2D eigenvalue weighted by atomic mass is 79.9. The molecule has 17 heavy (non-hydrogen) atoms. The molecule has 1 aromatic carbocycles. The van der Waals surface area contributed by atoms with Gasteiger partial charge in [0.05, 0.1) is 15.7 Å². The number of anilines is 1. The van der Waals surface area contributed by atoms with E-state index in [1.807, 2.05) is 12.1 Å². The largest absolute Gasteiger partial charge is 0.381 e. The van der Waals surface area contributed by atoms with Crippen LogP contribution >= 0.6 is 39.1 Å². The molecule has 1 nitrogen and oxygen atoms in total. The Hall–Kier alpha value is 0.0800. The second-order valence-electron chi connectivity index (χ2n) is 4.74. The molecule has 1 aliphatic carbocycles. The quantitative estimate of drug-likeness (QED) is 0.678. The summed E-state index contributed by atoms with van der Waals surface area (Å²) < 4.78 is 0.839. The van der Waals surface area contributed by atoms with Gasteiger partial charge in [-0.05, 0) is 46.8 Å². The first-order valence-corrected chi connectivity index (χ1v) is 7.54. The maximum Gasteiger partial charge on any atom is 0.0835 e. The molecule has 1 aromatic rings. The van der Waals surface area contributed by atoms with Gasteiger partial charge in [0, 0.05) is 10.5 Å². The molecule has 2 unspecified atom stereocenters. The number of hydrogen-bond donors (Lipinski definition) is 1. The highest BCUT2D eigenvalue weighted by Gasteiger charge is 2.22. The Morgan fingerprint density at radius 3 is 2.59 bits per heavy atom. The van der Waals surface area contributed by atoms with Crippen LogP contribution in [0.5, 0.6) is 0 Å². The van der Waals surface area contributed by atoms with Crippen molar-refractivity contribution in [3.05, 3.63) is 26.7 Å². The number of nitrogens with one attached hydrogen (secondary N) is 1. The molecule has 1 aliphatic rings. The summed E-state index contributed by atoms with van der Waals surface area (Å²) in [6.07, 6.45) is 5.14. The summed E-state index contributed by atoms with van der Waals surface area (Å²) >= 11 is 15.7. The maximum absolute atomic E-state index is 6.24. The minimum absolute atomic E-state index is 0.512. The summed E-state index contributed by atoms with van der Waals surface area (Å²) in [5.41, 5.74) is 0.943. The van der Waals surface area contributed by atoms with E-state index in [0.717, 1.165) is 10.2 Å². The Morgan fingerprint density at radius 1 is 1.18 bits per heavy atom. The van der Waals surface area contributed by atoms with Crippen LogP contribution in [0.2, 0.25) is 10.0 Å². The predicted octanol–water partition coefficient (Wildman–Crippen LogP) is 5.75. The van der Waals surface area contributed by atoms with Crippen molar-refractivity contribution in [1.29, 1.82) is 0 Å². The van der Waals surface area contributed by atoms with E-state index in [1.165, 1.54) is 25.7 Å². The molecule has 0 amide bonds. The number of halogens is 3. The predicted molar refractivity (Wildman–Crippen MR) is 79.2 cm³/mol. The first-order chi connectivity index (χ1) is 8.09. The third-order valence-corrected chi connectivity index (χ3v) is 5.26. The SMILES string of the molecule is CC1CCCCC1Nc1ccc(Br)c(Cl)c1Cl. The van der Waals surface area contributed by atoms with E-state index in [2.05, 4.69) is 28.2 Å². The lowest BCUT2D eigenvalue weighted by Crippen LogP contribution is -2.30. The molecule has 0 aliphatic heterocycles. The van der Waals surface area contributed by atoms with Crippen LogP contribution in [0.15, 0.2) is 16.6 Å². The highest BCUT2D eigenvalue weighted by molar-refractivity contribution is 9.10. The van der Waals surface area contributed by atoms with Crippen molar-refractivity contribution in [2.24, 2.45) is 5.92 Å². The van der Waals surface area contributed by atoms with E-state index in [1.54, 1.807) is 0 Å². The fourth-order valence-corrected chi connectivity index (χ4v) is 3.20. The van der Waals surface area contributed by atoms with Crippen LogP contribution in [-0.4, -0.2) is 6.04 Å². The van der Waals surface area contributed by atoms with Gasteiger partial charge in [0.25, 0.3) is 0 Å². The Morgan fingerprint density at radius 2 is 1.88 bits per heavy atom. The lowest BCUT2D eigenvalue weighted by atomic mass is 9.86. The van der Waals surface area contributed by atoms with Gasteiger partial charge in [-0.25, -0.2) is 0 Å². The zero-order valence-corrected chi connectivity index (χ0v) is 12.9. The number of rotatable bonds is 2. The van der Waals surface area contributed by atoms with E-state index >= 15 is 0 Å². The second kappa shape index (κ2) is 5.81. The van der Waals surface area contributed by atoms with Crippen LogP contribution in [-0.2, 0) is 0 Å². The molecule has 0 heterocycles. The third-order valence-electron chi connectivity index (χ3n) is 3.49. The molecule has 2 atom stereocenters. The van der Waals surface area contributed by atoms with E-state index in [4.69, 9.17) is 23.2 Å². The summed E-state index contributed by atoms with van der Waals surface area (Å²) in [6, 6.07) is 4.43. The molecule has 0 aromatic heterocycles. The normalized spacial score (nSPS) is 24.7. The zero-order valence-electron chi connectivity index (χ0n) is 9.77. The topological polar surface area (TPSA) is 12.0 Å². The van der Waals surface area contributed by atoms with Crippen molar-refractivity contribution >= 4 is 44.8 Å². The molecule has 0 spiro atoms. The van der Waals surface area contributed by atoms with Gasteiger partial charge < -0.3 is 5.32 Å². The fourth-order valence-electron chi connectivity index (χ4n) is 2.37. The van der Waals surface area contributed by atoms with E-state index in [-0.39, 0.29) is 0 Å². The summed E-state index contributed by atoms with van der Waals surface area (Å²) in [6.45, 7) is 2.30. The minimum atomic E-state index is 0.512. The second-order valence-corrected chi connectivity index (χ2v) is 6.35. The van der Waals surface area contributed by atoms with Gasteiger partial charge in [-0.15, -0.1) is 0 Å². The lowest BCUT2D eigenvalue weighted by Gasteiger charge is -2.30. The summed E-state index contributed by atoms with van der Waals surface area (Å²) in [4.78, 5) is 0. The van der Waals surface area contributed by atoms with E-state index in [0.29, 0.717) is 22.0 Å². The van der Waals surface area contributed by atoms with E-state index in [9.17, 15) is 0 Å². The van der Waals surface area contributed by atoms with Gasteiger partial charge in [-0.1, -0.05) is 43.0 Å². The van der Waals surface area contributed by atoms with E-state index < -0.39 is 0 Å². The Kier molecular flexibility index (Phi) is 4.62. The van der Waals surface area contributed by atoms with Crippen LogP contribution in [0.3, 0.4) is 0 Å². The summed E-state index contributed by atoms with van der Waals surface area (Å²) in [7, 11) is 0. The molecule has 0 bridgehead atoms. The van der Waals surface area contributed by atoms with Crippen molar-refractivity contribution in [3.8, 4) is 0 Å². The molecule has 2 rings (SSSR count). The number of hydrogen-bond acceptors (Lipinski definition) is 1. The fraction of sp³-hybridized carbons (Fsp3) is 0.538. The first kappa shape index (κ1) is 13.5. The Balaban J connectivity index is 2.15. The van der Waals surface area contributed by atoms with Crippen LogP contribution in [0.1, 0.15) is 32.6 Å². The van der Waals surface area contributed by atoms with Crippen LogP contribution in [0.25, 0.3) is 0 Å². The molecule has 94 valence electrons. The van der Waals surface area contributed by atoms with Gasteiger partial charge in [0.2, 0.25) is 0 Å². The van der Waals surface area contributed by atoms with Crippen molar-refractivity contribution in [2.75, 3.05) is 5.32 Å².